The molecule has 0 fully saturated rings. The van der Waals surface area contributed by atoms with Crippen molar-refractivity contribution in [3.05, 3.63) is 35.4 Å². The zero-order valence-electron chi connectivity index (χ0n) is 9.71. The molecular formula is C13H19NS. The highest BCUT2D eigenvalue weighted by molar-refractivity contribution is 7.80. The molecule has 0 aliphatic rings. The van der Waals surface area contributed by atoms with Crippen molar-refractivity contribution in [1.29, 1.82) is 0 Å². The lowest BCUT2D eigenvalue weighted by molar-refractivity contribution is 0.859. The van der Waals surface area contributed by atoms with Gasteiger partial charge in [0.2, 0.25) is 0 Å². The molecule has 0 radical (unpaired) electrons. The number of nitrogens with one attached hydrogen (secondary N) is 1. The molecule has 1 aromatic carbocycles. The number of hydrogen-bond acceptors (Lipinski definition) is 1. The second-order valence-electron chi connectivity index (χ2n) is 4.03. The predicted molar refractivity (Wildman–Crippen MR) is 70.3 cm³/mol. The van der Waals surface area contributed by atoms with Gasteiger partial charge in [0.1, 0.15) is 0 Å². The van der Waals surface area contributed by atoms with Gasteiger partial charge in [-0.2, -0.15) is 0 Å². The Morgan fingerprint density at radius 2 is 1.87 bits per heavy atom. The Morgan fingerprint density at radius 1 is 1.27 bits per heavy atom. The van der Waals surface area contributed by atoms with E-state index in [1.165, 1.54) is 11.1 Å². The molecule has 15 heavy (non-hydrogen) atoms. The number of benzene rings is 1. The van der Waals surface area contributed by atoms with Gasteiger partial charge < -0.3 is 5.32 Å². The second-order valence-corrected chi connectivity index (χ2v) is 4.52. The Balaban J connectivity index is 2.53. The summed E-state index contributed by atoms with van der Waals surface area (Å²) in [7, 11) is 0. The Bertz CT molecular complexity index is 314. The van der Waals surface area contributed by atoms with E-state index in [0.29, 0.717) is 5.92 Å². The number of hydrogen-bond donors (Lipinski definition) is 1. The molecular weight excluding hydrogens is 202 g/mol. The summed E-state index contributed by atoms with van der Waals surface area (Å²) in [5.41, 5.74) is 2.67. The van der Waals surface area contributed by atoms with Gasteiger partial charge in [0.15, 0.2) is 0 Å². The molecule has 1 aromatic rings. The van der Waals surface area contributed by atoms with Crippen LogP contribution in [0.5, 0.6) is 0 Å². The van der Waals surface area contributed by atoms with Crippen LogP contribution in [0.1, 0.15) is 44.2 Å². The molecule has 2 heteroatoms. The molecule has 0 aliphatic heterocycles. The van der Waals surface area contributed by atoms with Crippen LogP contribution in [0.3, 0.4) is 0 Å². The fourth-order valence-electron chi connectivity index (χ4n) is 1.35. The second kappa shape index (κ2) is 5.86. The highest BCUT2D eigenvalue weighted by atomic mass is 32.1. The third kappa shape index (κ3) is 4.00. The average Bonchev–Trinajstić information content (AvgIpc) is 2.26. The van der Waals surface area contributed by atoms with Crippen LogP contribution in [0.15, 0.2) is 24.3 Å². The lowest BCUT2D eigenvalue weighted by Gasteiger charge is -2.08. The van der Waals surface area contributed by atoms with Gasteiger partial charge in [0.25, 0.3) is 0 Å². The van der Waals surface area contributed by atoms with Crippen LogP contribution < -0.4 is 5.32 Å². The minimum absolute atomic E-state index is 0.601. The summed E-state index contributed by atoms with van der Waals surface area (Å²) >= 11 is 5.11. The standard InChI is InChI=1S/C13H19NS/c1-4-13(15)14-9-11-5-7-12(8-6-11)10(2)3/h5-8,10H,4,9H2,1-3H3,(H,14,15). The fourth-order valence-corrected chi connectivity index (χ4v) is 1.42. The summed E-state index contributed by atoms with van der Waals surface area (Å²) < 4.78 is 0. The minimum Gasteiger partial charge on any atom is -0.376 e. The molecule has 0 aliphatic carbocycles. The van der Waals surface area contributed by atoms with Gasteiger partial charge in [-0.1, -0.05) is 57.3 Å². The lowest BCUT2D eigenvalue weighted by Crippen LogP contribution is -2.19. The maximum absolute atomic E-state index is 5.11. The van der Waals surface area contributed by atoms with Crippen LogP contribution in [0.2, 0.25) is 0 Å². The van der Waals surface area contributed by atoms with Crippen molar-refractivity contribution in [1.82, 2.24) is 5.32 Å². The van der Waals surface area contributed by atoms with E-state index in [0.717, 1.165) is 18.0 Å². The first kappa shape index (κ1) is 12.2. The van der Waals surface area contributed by atoms with Gasteiger partial charge in [-0.25, -0.2) is 0 Å². The van der Waals surface area contributed by atoms with Gasteiger partial charge in [0.05, 0.1) is 4.99 Å². The zero-order chi connectivity index (χ0) is 11.3. The van der Waals surface area contributed by atoms with Crippen molar-refractivity contribution in [2.24, 2.45) is 0 Å². The molecule has 1 nitrogen and oxygen atoms in total. The maximum atomic E-state index is 5.11. The van der Waals surface area contributed by atoms with Crippen molar-refractivity contribution in [3.8, 4) is 0 Å². The molecule has 0 saturated carbocycles. The van der Waals surface area contributed by atoms with Gasteiger partial charge in [-0.3, -0.25) is 0 Å². The molecule has 0 spiro atoms. The summed E-state index contributed by atoms with van der Waals surface area (Å²) in [6.07, 6.45) is 0.916. The quantitative estimate of drug-likeness (QED) is 0.779. The van der Waals surface area contributed by atoms with Crippen molar-refractivity contribution >= 4 is 17.2 Å². The first-order chi connectivity index (χ1) is 7.13. The molecule has 0 aromatic heterocycles. The first-order valence-corrected chi connectivity index (χ1v) is 5.89. The average molecular weight is 221 g/mol. The third-order valence-electron chi connectivity index (χ3n) is 2.46. The van der Waals surface area contributed by atoms with Crippen LogP contribution in [0.25, 0.3) is 0 Å². The van der Waals surface area contributed by atoms with Crippen molar-refractivity contribution in [2.45, 2.75) is 39.7 Å². The molecule has 82 valence electrons. The molecule has 0 bridgehead atoms. The molecule has 0 amide bonds. The summed E-state index contributed by atoms with van der Waals surface area (Å²) in [5, 5.41) is 3.23. The van der Waals surface area contributed by atoms with Crippen LogP contribution in [-0.2, 0) is 6.54 Å². The summed E-state index contributed by atoms with van der Waals surface area (Å²) in [5.74, 6) is 0.601. The SMILES string of the molecule is CCC(=S)NCc1ccc(C(C)C)cc1. The Hall–Kier alpha value is -0.890. The van der Waals surface area contributed by atoms with Gasteiger partial charge in [0, 0.05) is 6.54 Å². The first-order valence-electron chi connectivity index (χ1n) is 5.49. The molecule has 0 unspecified atom stereocenters. The molecule has 1 rings (SSSR count). The van der Waals surface area contributed by atoms with Crippen LogP contribution in [0, 0.1) is 0 Å². The monoisotopic (exact) mass is 221 g/mol. The van der Waals surface area contributed by atoms with E-state index in [4.69, 9.17) is 12.2 Å². The third-order valence-corrected chi connectivity index (χ3v) is 2.89. The minimum atomic E-state index is 0.601. The van der Waals surface area contributed by atoms with E-state index in [-0.39, 0.29) is 0 Å². The summed E-state index contributed by atoms with van der Waals surface area (Å²) in [6, 6.07) is 8.72. The van der Waals surface area contributed by atoms with Crippen LogP contribution in [-0.4, -0.2) is 4.99 Å². The Kier molecular flexibility index (Phi) is 4.76. The largest absolute Gasteiger partial charge is 0.376 e. The van der Waals surface area contributed by atoms with Gasteiger partial charge in [-0.15, -0.1) is 0 Å². The lowest BCUT2D eigenvalue weighted by atomic mass is 10.0. The van der Waals surface area contributed by atoms with Crippen molar-refractivity contribution in [2.75, 3.05) is 0 Å². The normalized spacial score (nSPS) is 10.4. The molecule has 0 heterocycles. The highest BCUT2D eigenvalue weighted by Gasteiger charge is 1.99. The summed E-state index contributed by atoms with van der Waals surface area (Å²) in [6.45, 7) is 7.32. The van der Waals surface area contributed by atoms with Gasteiger partial charge >= 0.3 is 0 Å². The molecule has 0 atom stereocenters. The topological polar surface area (TPSA) is 12.0 Å². The van der Waals surface area contributed by atoms with Crippen molar-refractivity contribution < 1.29 is 0 Å². The van der Waals surface area contributed by atoms with Gasteiger partial charge in [-0.05, 0) is 23.5 Å². The van der Waals surface area contributed by atoms with E-state index in [2.05, 4.69) is 50.4 Å². The summed E-state index contributed by atoms with van der Waals surface area (Å²) in [4.78, 5) is 0.933. The Morgan fingerprint density at radius 3 is 2.33 bits per heavy atom. The highest BCUT2D eigenvalue weighted by Crippen LogP contribution is 2.14. The van der Waals surface area contributed by atoms with Crippen LogP contribution in [0.4, 0.5) is 0 Å². The van der Waals surface area contributed by atoms with E-state index in [1.54, 1.807) is 0 Å². The smallest absolute Gasteiger partial charge is 0.0753 e. The van der Waals surface area contributed by atoms with E-state index < -0.39 is 0 Å². The molecule has 1 N–H and O–H groups in total. The Labute approximate surface area is 97.9 Å². The molecule has 0 saturated heterocycles. The fraction of sp³-hybridized carbons (Fsp3) is 0.462. The number of thiocarbonyl (C=S) groups is 1. The predicted octanol–water partition coefficient (Wildman–Crippen LogP) is 3.64. The van der Waals surface area contributed by atoms with E-state index in [9.17, 15) is 0 Å². The maximum Gasteiger partial charge on any atom is 0.0753 e. The van der Waals surface area contributed by atoms with Crippen LogP contribution >= 0.6 is 12.2 Å². The van der Waals surface area contributed by atoms with E-state index in [1.807, 2.05) is 0 Å². The number of rotatable bonds is 4. The van der Waals surface area contributed by atoms with Crippen molar-refractivity contribution in [3.63, 3.8) is 0 Å². The van der Waals surface area contributed by atoms with E-state index >= 15 is 0 Å². The zero-order valence-corrected chi connectivity index (χ0v) is 10.5.